The number of fused-ring (bicyclic) bond motifs is 2. The van der Waals surface area contributed by atoms with Gasteiger partial charge in [0.15, 0.2) is 6.19 Å². The van der Waals surface area contributed by atoms with Crippen molar-refractivity contribution in [2.24, 2.45) is 0 Å². The summed E-state index contributed by atoms with van der Waals surface area (Å²) >= 11 is 0. The van der Waals surface area contributed by atoms with Crippen molar-refractivity contribution >= 4 is 23.3 Å². The lowest BCUT2D eigenvalue weighted by Crippen LogP contribution is -2.17. The van der Waals surface area contributed by atoms with Crippen molar-refractivity contribution in [3.8, 4) is 6.19 Å². The van der Waals surface area contributed by atoms with Gasteiger partial charge >= 0.3 is 11.9 Å². The molecule has 1 aliphatic rings. The molecule has 0 saturated carbocycles. The highest BCUT2D eigenvalue weighted by Crippen LogP contribution is 2.41. The second-order valence-corrected chi connectivity index (χ2v) is 6.57. The molecule has 0 aromatic heterocycles. The van der Waals surface area contributed by atoms with Gasteiger partial charge in [-0.15, -0.1) is 0 Å². The topological polar surface area (TPSA) is 90.6 Å². The Morgan fingerprint density at radius 2 is 1.55 bits per heavy atom. The zero-order valence-electron chi connectivity index (χ0n) is 15.3. The molecule has 0 fully saturated rings. The van der Waals surface area contributed by atoms with Crippen molar-refractivity contribution in [3.05, 3.63) is 95.1 Å². The molecule has 0 unspecified atom stereocenters. The van der Waals surface area contributed by atoms with Crippen molar-refractivity contribution in [2.75, 3.05) is 4.90 Å². The Morgan fingerprint density at radius 3 is 2.28 bits per heavy atom. The Labute approximate surface area is 167 Å². The monoisotopic (exact) mass is 384 g/mol. The molecule has 0 saturated heterocycles. The number of nitriles is 1. The predicted octanol–water partition coefficient (Wildman–Crippen LogP) is 4.46. The van der Waals surface area contributed by atoms with Gasteiger partial charge in [-0.2, -0.15) is 5.26 Å². The number of benzene rings is 3. The molecule has 1 atom stereocenters. The number of carboxylic acids is 1. The van der Waals surface area contributed by atoms with E-state index in [2.05, 4.69) is 6.19 Å². The van der Waals surface area contributed by atoms with Crippen LogP contribution in [0.1, 0.15) is 37.9 Å². The van der Waals surface area contributed by atoms with E-state index >= 15 is 0 Å². The summed E-state index contributed by atoms with van der Waals surface area (Å²) in [4.78, 5) is 25.8. The van der Waals surface area contributed by atoms with Crippen LogP contribution in [-0.2, 0) is 11.2 Å². The lowest BCUT2D eigenvalue weighted by atomic mass is 10.0. The van der Waals surface area contributed by atoms with Crippen LogP contribution in [0.15, 0.2) is 72.8 Å². The first-order valence-corrected chi connectivity index (χ1v) is 9.00. The molecule has 142 valence electrons. The minimum absolute atomic E-state index is 0.00727. The Morgan fingerprint density at radius 1 is 0.931 bits per heavy atom. The lowest BCUT2D eigenvalue weighted by Gasteiger charge is -2.20. The van der Waals surface area contributed by atoms with Crippen LogP contribution in [0, 0.1) is 11.5 Å². The SMILES string of the molecule is N#CN1c2ccccc2C[C@@H](OC(=O)c2ccccc2C(=O)O)c2ccccc21. The van der Waals surface area contributed by atoms with E-state index in [-0.39, 0.29) is 11.1 Å². The van der Waals surface area contributed by atoms with E-state index < -0.39 is 18.0 Å². The molecule has 4 rings (SSSR count). The number of carboxylic acid groups (broad SMARTS) is 1. The van der Waals surface area contributed by atoms with Crippen LogP contribution in [0.4, 0.5) is 11.4 Å². The molecule has 0 radical (unpaired) electrons. The minimum atomic E-state index is -1.19. The number of para-hydroxylation sites is 2. The van der Waals surface area contributed by atoms with Gasteiger partial charge in [-0.3, -0.25) is 0 Å². The number of rotatable bonds is 3. The van der Waals surface area contributed by atoms with Crippen molar-refractivity contribution < 1.29 is 19.4 Å². The number of anilines is 2. The largest absolute Gasteiger partial charge is 0.478 e. The van der Waals surface area contributed by atoms with Gasteiger partial charge in [-0.1, -0.05) is 48.5 Å². The standard InChI is InChI=1S/C23H16N2O4/c24-14-25-19-11-5-1-7-15(19)13-21(18-10-4-6-12-20(18)25)29-23(28)17-9-3-2-8-16(17)22(26)27/h1-12,21H,13H2,(H,26,27)/t21-/m1/s1. The maximum atomic E-state index is 12.9. The van der Waals surface area contributed by atoms with Crippen molar-refractivity contribution in [1.29, 1.82) is 5.26 Å². The maximum absolute atomic E-state index is 12.9. The van der Waals surface area contributed by atoms with E-state index in [1.807, 2.05) is 42.5 Å². The van der Waals surface area contributed by atoms with Gasteiger partial charge in [0.2, 0.25) is 0 Å². The molecule has 6 heteroatoms. The highest BCUT2D eigenvalue weighted by molar-refractivity contribution is 6.02. The molecule has 3 aromatic rings. The second-order valence-electron chi connectivity index (χ2n) is 6.57. The first kappa shape index (κ1) is 18.3. The third kappa shape index (κ3) is 3.30. The molecule has 1 heterocycles. The fraction of sp³-hybridized carbons (Fsp3) is 0.0870. The average Bonchev–Trinajstić information content (AvgIpc) is 2.88. The number of hydrogen-bond donors (Lipinski definition) is 1. The summed E-state index contributed by atoms with van der Waals surface area (Å²) in [5.74, 6) is -1.91. The first-order valence-electron chi connectivity index (χ1n) is 9.00. The number of esters is 1. The summed E-state index contributed by atoms with van der Waals surface area (Å²) in [6.07, 6.45) is 1.90. The van der Waals surface area contributed by atoms with E-state index in [0.29, 0.717) is 17.7 Å². The summed E-state index contributed by atoms with van der Waals surface area (Å²) in [5, 5.41) is 19.1. The zero-order valence-corrected chi connectivity index (χ0v) is 15.3. The van der Waals surface area contributed by atoms with E-state index in [1.54, 1.807) is 18.2 Å². The number of carbonyl (C=O) groups is 2. The van der Waals surface area contributed by atoms with Gasteiger partial charge in [0.05, 0.1) is 22.5 Å². The minimum Gasteiger partial charge on any atom is -0.478 e. The van der Waals surface area contributed by atoms with Crippen LogP contribution in [0.3, 0.4) is 0 Å². The van der Waals surface area contributed by atoms with Gasteiger partial charge in [0, 0.05) is 12.0 Å². The van der Waals surface area contributed by atoms with Crippen LogP contribution >= 0.6 is 0 Å². The smallest absolute Gasteiger partial charge is 0.339 e. The normalized spacial score (nSPS) is 14.7. The van der Waals surface area contributed by atoms with Crippen molar-refractivity contribution in [3.63, 3.8) is 0 Å². The molecule has 0 amide bonds. The fourth-order valence-electron chi connectivity index (χ4n) is 3.56. The van der Waals surface area contributed by atoms with Gasteiger partial charge < -0.3 is 9.84 Å². The molecular formula is C23H16N2O4. The molecule has 0 bridgehead atoms. The van der Waals surface area contributed by atoms with Gasteiger partial charge in [-0.25, -0.2) is 14.5 Å². The Hall–Kier alpha value is -4.11. The summed E-state index contributed by atoms with van der Waals surface area (Å²) in [5.41, 5.74) is 2.78. The van der Waals surface area contributed by atoms with Crippen LogP contribution in [0.2, 0.25) is 0 Å². The second kappa shape index (κ2) is 7.49. The van der Waals surface area contributed by atoms with Crippen LogP contribution in [0.5, 0.6) is 0 Å². The molecule has 0 spiro atoms. The van der Waals surface area contributed by atoms with E-state index in [9.17, 15) is 20.0 Å². The van der Waals surface area contributed by atoms with E-state index in [1.165, 1.54) is 17.0 Å². The molecule has 3 aromatic carbocycles. The number of carbonyl (C=O) groups excluding carboxylic acids is 1. The quantitative estimate of drug-likeness (QED) is 0.530. The highest BCUT2D eigenvalue weighted by Gasteiger charge is 2.30. The van der Waals surface area contributed by atoms with E-state index in [4.69, 9.17) is 4.74 Å². The lowest BCUT2D eigenvalue weighted by molar-refractivity contribution is 0.0295. The van der Waals surface area contributed by atoms with Gasteiger partial charge in [0.1, 0.15) is 6.10 Å². The average molecular weight is 384 g/mol. The van der Waals surface area contributed by atoms with Gasteiger partial charge in [0.25, 0.3) is 0 Å². The molecule has 1 aliphatic heterocycles. The van der Waals surface area contributed by atoms with Crippen LogP contribution in [-0.4, -0.2) is 17.0 Å². The highest BCUT2D eigenvalue weighted by atomic mass is 16.5. The molecule has 1 N–H and O–H groups in total. The third-order valence-electron chi connectivity index (χ3n) is 4.89. The molecule has 0 aliphatic carbocycles. The summed E-state index contributed by atoms with van der Waals surface area (Å²) in [6.45, 7) is 0. The third-order valence-corrected chi connectivity index (χ3v) is 4.89. The number of nitrogens with zero attached hydrogens (tertiary/aromatic N) is 2. The molecular weight excluding hydrogens is 368 g/mol. The first-order chi connectivity index (χ1) is 14.1. The predicted molar refractivity (Wildman–Crippen MR) is 106 cm³/mol. The summed E-state index contributed by atoms with van der Waals surface area (Å²) in [6, 6.07) is 20.6. The van der Waals surface area contributed by atoms with Crippen molar-refractivity contribution in [1.82, 2.24) is 0 Å². The maximum Gasteiger partial charge on any atom is 0.339 e. The summed E-state index contributed by atoms with van der Waals surface area (Å²) < 4.78 is 5.79. The van der Waals surface area contributed by atoms with Gasteiger partial charge in [-0.05, 0) is 29.8 Å². The van der Waals surface area contributed by atoms with Crippen LogP contribution in [0.25, 0.3) is 0 Å². The zero-order chi connectivity index (χ0) is 20.4. The Kier molecular flexibility index (Phi) is 4.71. The fourth-order valence-corrected chi connectivity index (χ4v) is 3.56. The summed E-state index contributed by atoms with van der Waals surface area (Å²) in [7, 11) is 0. The Balaban J connectivity index is 1.77. The molecule has 29 heavy (non-hydrogen) atoms. The number of aromatic carboxylic acids is 1. The van der Waals surface area contributed by atoms with E-state index in [0.717, 1.165) is 11.3 Å². The Bertz CT molecular complexity index is 1150. The number of ether oxygens (including phenoxy) is 1. The van der Waals surface area contributed by atoms with Crippen molar-refractivity contribution in [2.45, 2.75) is 12.5 Å². The van der Waals surface area contributed by atoms with Crippen LogP contribution < -0.4 is 4.90 Å². The number of hydrogen-bond acceptors (Lipinski definition) is 5. The molecule has 6 nitrogen and oxygen atoms in total.